The molecule has 0 aliphatic carbocycles. The number of aryl methyl sites for hydroxylation is 2. The Morgan fingerprint density at radius 3 is 2.81 bits per heavy atom. The van der Waals surface area contributed by atoms with Gasteiger partial charge in [0, 0.05) is 16.8 Å². The van der Waals surface area contributed by atoms with Gasteiger partial charge in [-0.1, -0.05) is 17.7 Å². The first-order valence-electron chi connectivity index (χ1n) is 7.96. The first kappa shape index (κ1) is 16.5. The Balaban J connectivity index is 1.59. The highest BCUT2D eigenvalue weighted by Gasteiger charge is 2.21. The highest BCUT2D eigenvalue weighted by molar-refractivity contribution is 6.32. The third-order valence-electron chi connectivity index (χ3n) is 4.09. The van der Waals surface area contributed by atoms with Crippen molar-refractivity contribution in [3.8, 4) is 23.0 Å². The van der Waals surface area contributed by atoms with Crippen LogP contribution in [0.2, 0.25) is 5.02 Å². The Labute approximate surface area is 154 Å². The van der Waals surface area contributed by atoms with Gasteiger partial charge in [0.1, 0.15) is 5.76 Å². The molecule has 2 heterocycles. The van der Waals surface area contributed by atoms with E-state index < -0.39 is 0 Å². The summed E-state index contributed by atoms with van der Waals surface area (Å²) in [6.07, 6.45) is 0. The monoisotopic (exact) mass is 370 g/mol. The molecule has 1 aromatic heterocycles. The van der Waals surface area contributed by atoms with E-state index in [4.69, 9.17) is 25.5 Å². The van der Waals surface area contributed by atoms with E-state index in [1.165, 1.54) is 0 Å². The molecule has 0 atom stereocenters. The number of oxazole rings is 1. The maximum Gasteiger partial charge on any atom is 0.255 e. The summed E-state index contributed by atoms with van der Waals surface area (Å²) in [5.41, 5.74) is 2.62. The number of halogens is 1. The summed E-state index contributed by atoms with van der Waals surface area (Å²) < 4.78 is 16.2. The van der Waals surface area contributed by atoms with Crippen molar-refractivity contribution >= 4 is 23.2 Å². The van der Waals surface area contributed by atoms with Crippen molar-refractivity contribution in [2.24, 2.45) is 0 Å². The maximum absolute atomic E-state index is 12.6. The lowest BCUT2D eigenvalue weighted by Crippen LogP contribution is -2.11. The third-order valence-corrected chi connectivity index (χ3v) is 4.37. The van der Waals surface area contributed by atoms with Gasteiger partial charge in [-0.15, -0.1) is 0 Å². The number of fused-ring (bicyclic) bond motifs is 1. The highest BCUT2D eigenvalue weighted by Crippen LogP contribution is 2.40. The standard InChI is InChI=1S/C19H15ClN2O4/c1-10-11(2)26-19(21-10)12-4-3-5-14(6-12)22-18(23)13-7-15(20)17-16(8-13)24-9-25-17/h3-8H,9H2,1-2H3,(H,22,23). The number of aromatic nitrogens is 1. The molecule has 0 unspecified atom stereocenters. The molecule has 6 nitrogen and oxygen atoms in total. The summed E-state index contributed by atoms with van der Waals surface area (Å²) in [6.45, 7) is 3.84. The molecular formula is C19H15ClN2O4. The summed E-state index contributed by atoms with van der Waals surface area (Å²) in [7, 11) is 0. The van der Waals surface area contributed by atoms with Gasteiger partial charge in [0.2, 0.25) is 12.7 Å². The minimum atomic E-state index is -0.304. The van der Waals surface area contributed by atoms with Gasteiger partial charge in [-0.05, 0) is 44.2 Å². The highest BCUT2D eigenvalue weighted by atomic mass is 35.5. The second kappa shape index (κ2) is 6.38. The fourth-order valence-electron chi connectivity index (χ4n) is 2.63. The molecule has 0 radical (unpaired) electrons. The molecule has 7 heteroatoms. The van der Waals surface area contributed by atoms with Gasteiger partial charge in [0.05, 0.1) is 10.7 Å². The van der Waals surface area contributed by atoms with E-state index in [1.54, 1.807) is 24.3 Å². The number of amides is 1. The summed E-state index contributed by atoms with van der Waals surface area (Å²) in [4.78, 5) is 16.9. The number of carbonyl (C=O) groups is 1. The molecule has 26 heavy (non-hydrogen) atoms. The summed E-state index contributed by atoms with van der Waals surface area (Å²) in [5.74, 6) is 1.90. The SMILES string of the molecule is Cc1nc(-c2cccc(NC(=O)c3cc(Cl)c4c(c3)OCO4)c2)oc1C. The Kier molecular flexibility index (Phi) is 4.05. The molecule has 0 spiro atoms. The van der Waals surface area contributed by atoms with Gasteiger partial charge in [0.25, 0.3) is 5.91 Å². The zero-order valence-corrected chi connectivity index (χ0v) is 14.9. The molecule has 4 rings (SSSR count). The van der Waals surface area contributed by atoms with Crippen LogP contribution >= 0.6 is 11.6 Å². The number of nitrogens with one attached hydrogen (secondary N) is 1. The van der Waals surface area contributed by atoms with E-state index >= 15 is 0 Å². The van der Waals surface area contributed by atoms with Gasteiger partial charge in [-0.2, -0.15) is 0 Å². The number of benzene rings is 2. The fourth-order valence-corrected chi connectivity index (χ4v) is 2.89. The molecule has 0 bridgehead atoms. The van der Waals surface area contributed by atoms with Crippen LogP contribution in [0, 0.1) is 13.8 Å². The summed E-state index contributed by atoms with van der Waals surface area (Å²) >= 11 is 6.14. The molecular weight excluding hydrogens is 356 g/mol. The van der Waals surface area contributed by atoms with Crippen molar-refractivity contribution in [2.45, 2.75) is 13.8 Å². The van der Waals surface area contributed by atoms with E-state index in [0.717, 1.165) is 17.0 Å². The smallest absolute Gasteiger partial charge is 0.255 e. The number of anilines is 1. The Morgan fingerprint density at radius 2 is 2.04 bits per heavy atom. The first-order valence-corrected chi connectivity index (χ1v) is 8.34. The Bertz CT molecular complexity index is 993. The average molecular weight is 371 g/mol. The number of ether oxygens (including phenoxy) is 2. The molecule has 0 fully saturated rings. The van der Waals surface area contributed by atoms with Gasteiger partial charge < -0.3 is 19.2 Å². The van der Waals surface area contributed by atoms with Gasteiger partial charge in [-0.3, -0.25) is 4.79 Å². The molecule has 132 valence electrons. The van der Waals surface area contributed by atoms with Crippen LogP contribution in [0.4, 0.5) is 5.69 Å². The molecule has 0 saturated carbocycles. The molecule has 1 amide bonds. The quantitative estimate of drug-likeness (QED) is 0.729. The molecule has 1 aliphatic rings. The number of hydrogen-bond donors (Lipinski definition) is 1. The number of hydrogen-bond acceptors (Lipinski definition) is 5. The number of nitrogens with zero attached hydrogens (tertiary/aromatic N) is 1. The lowest BCUT2D eigenvalue weighted by Gasteiger charge is -2.08. The van der Waals surface area contributed by atoms with Crippen LogP contribution in [-0.2, 0) is 0 Å². The van der Waals surface area contributed by atoms with Crippen LogP contribution in [0.3, 0.4) is 0 Å². The normalized spacial score (nSPS) is 12.3. The maximum atomic E-state index is 12.6. The van der Waals surface area contributed by atoms with E-state index in [1.807, 2.05) is 26.0 Å². The van der Waals surface area contributed by atoms with Crippen LogP contribution in [0.25, 0.3) is 11.5 Å². The van der Waals surface area contributed by atoms with Crippen molar-refractivity contribution in [2.75, 3.05) is 12.1 Å². The molecule has 2 aromatic carbocycles. The lowest BCUT2D eigenvalue weighted by atomic mass is 10.1. The van der Waals surface area contributed by atoms with Crippen LogP contribution in [0.5, 0.6) is 11.5 Å². The van der Waals surface area contributed by atoms with Gasteiger partial charge >= 0.3 is 0 Å². The van der Waals surface area contributed by atoms with Crippen molar-refractivity contribution in [3.63, 3.8) is 0 Å². The zero-order chi connectivity index (χ0) is 18.3. The van der Waals surface area contributed by atoms with Crippen molar-refractivity contribution in [3.05, 3.63) is 58.4 Å². The van der Waals surface area contributed by atoms with Crippen molar-refractivity contribution in [1.82, 2.24) is 4.98 Å². The van der Waals surface area contributed by atoms with Crippen LogP contribution in [0.15, 0.2) is 40.8 Å². The van der Waals surface area contributed by atoms with Crippen LogP contribution in [-0.4, -0.2) is 17.7 Å². The van der Waals surface area contributed by atoms with Gasteiger partial charge in [0.15, 0.2) is 11.5 Å². The number of carbonyl (C=O) groups excluding carboxylic acids is 1. The van der Waals surface area contributed by atoms with E-state index in [-0.39, 0.29) is 12.7 Å². The molecule has 1 aliphatic heterocycles. The van der Waals surface area contributed by atoms with E-state index in [2.05, 4.69) is 10.3 Å². The lowest BCUT2D eigenvalue weighted by molar-refractivity contribution is 0.102. The second-order valence-corrected chi connectivity index (χ2v) is 6.29. The van der Waals surface area contributed by atoms with Crippen molar-refractivity contribution < 1.29 is 18.7 Å². The second-order valence-electron chi connectivity index (χ2n) is 5.89. The molecule has 1 N–H and O–H groups in total. The summed E-state index contributed by atoms with van der Waals surface area (Å²) in [5, 5.41) is 3.18. The zero-order valence-electron chi connectivity index (χ0n) is 14.1. The third kappa shape index (κ3) is 2.99. The largest absolute Gasteiger partial charge is 0.454 e. The fraction of sp³-hybridized carbons (Fsp3) is 0.158. The predicted molar refractivity (Wildman–Crippen MR) is 96.9 cm³/mol. The Hall–Kier alpha value is -2.99. The number of rotatable bonds is 3. The first-order chi connectivity index (χ1) is 12.5. The van der Waals surface area contributed by atoms with Crippen LogP contribution < -0.4 is 14.8 Å². The van der Waals surface area contributed by atoms with Gasteiger partial charge in [-0.25, -0.2) is 4.98 Å². The van der Waals surface area contributed by atoms with E-state index in [9.17, 15) is 4.79 Å². The average Bonchev–Trinajstić information content (AvgIpc) is 3.22. The minimum absolute atomic E-state index is 0.0944. The Morgan fingerprint density at radius 1 is 1.19 bits per heavy atom. The van der Waals surface area contributed by atoms with Crippen LogP contribution in [0.1, 0.15) is 21.8 Å². The summed E-state index contributed by atoms with van der Waals surface area (Å²) in [6, 6.07) is 10.4. The molecule has 0 saturated heterocycles. The topological polar surface area (TPSA) is 73.6 Å². The molecule has 3 aromatic rings. The van der Waals surface area contributed by atoms with Crippen molar-refractivity contribution in [1.29, 1.82) is 0 Å². The predicted octanol–water partition coefficient (Wildman–Crippen LogP) is 4.59. The van der Waals surface area contributed by atoms with E-state index in [0.29, 0.717) is 33.7 Å². The minimum Gasteiger partial charge on any atom is -0.454 e.